The van der Waals surface area contributed by atoms with Crippen LogP contribution in [-0.2, 0) is 15.4 Å². The number of sulfone groups is 1. The molecule has 0 spiro atoms. The Morgan fingerprint density at radius 3 is 2.45 bits per heavy atom. The Labute approximate surface area is 175 Å². The molecule has 2 heterocycles. The van der Waals surface area contributed by atoms with Crippen molar-refractivity contribution in [1.82, 2.24) is 5.32 Å². The predicted octanol–water partition coefficient (Wildman–Crippen LogP) is 4.72. The standard InChI is InChI=1S/C23H24N2O2S2/c1-6-7-15-11-17-18-12-16(8-9-19(18)28-20(17)10-14(15)2)23(5)13-29(26,27)22(3,4)21(24)25-23/h8-12H,13H2,1-5H3,(H2,24,25)/t23-/m0/s1. The van der Waals surface area contributed by atoms with E-state index < -0.39 is 20.1 Å². The second kappa shape index (κ2) is 6.32. The van der Waals surface area contributed by atoms with E-state index in [0.29, 0.717) is 0 Å². The fraction of sp³-hybridized carbons (Fsp3) is 0.348. The van der Waals surface area contributed by atoms with Crippen molar-refractivity contribution in [2.45, 2.75) is 44.9 Å². The lowest BCUT2D eigenvalue weighted by Crippen LogP contribution is -2.63. The van der Waals surface area contributed by atoms with Gasteiger partial charge in [0.25, 0.3) is 0 Å². The lowest BCUT2D eigenvalue weighted by Gasteiger charge is -2.43. The molecule has 3 aromatic rings. The molecule has 1 aromatic heterocycles. The molecule has 0 saturated carbocycles. The van der Waals surface area contributed by atoms with E-state index in [0.717, 1.165) is 32.2 Å². The third-order valence-electron chi connectivity index (χ3n) is 5.97. The van der Waals surface area contributed by atoms with Gasteiger partial charge in [0.1, 0.15) is 10.6 Å². The average molecular weight is 425 g/mol. The van der Waals surface area contributed by atoms with Gasteiger partial charge < -0.3 is 5.32 Å². The summed E-state index contributed by atoms with van der Waals surface area (Å²) in [6, 6.07) is 10.4. The van der Waals surface area contributed by atoms with E-state index in [9.17, 15) is 8.42 Å². The van der Waals surface area contributed by atoms with Crippen LogP contribution in [0.3, 0.4) is 0 Å². The minimum Gasteiger partial charge on any atom is -0.362 e. The van der Waals surface area contributed by atoms with Crippen LogP contribution in [0.2, 0.25) is 0 Å². The fourth-order valence-corrected chi connectivity index (χ4v) is 6.76. The van der Waals surface area contributed by atoms with Crippen molar-refractivity contribution in [3.8, 4) is 11.8 Å². The summed E-state index contributed by atoms with van der Waals surface area (Å²) >= 11 is 1.73. The van der Waals surface area contributed by atoms with Gasteiger partial charge in [-0.25, -0.2) is 8.42 Å². The smallest absolute Gasteiger partial charge is 0.165 e. The molecule has 1 fully saturated rings. The number of aryl methyl sites for hydroxylation is 1. The Kier molecular flexibility index (Phi) is 4.34. The molecule has 1 atom stereocenters. The number of thiophene rings is 1. The minimum atomic E-state index is -3.47. The molecule has 0 bridgehead atoms. The highest BCUT2D eigenvalue weighted by molar-refractivity contribution is 7.93. The molecule has 0 unspecified atom stereocenters. The molecule has 6 heteroatoms. The number of nitrogens with one attached hydrogen (secondary N) is 2. The van der Waals surface area contributed by atoms with Crippen molar-refractivity contribution >= 4 is 47.2 Å². The number of fused-ring (bicyclic) bond motifs is 3. The maximum absolute atomic E-state index is 12.9. The van der Waals surface area contributed by atoms with Crippen LogP contribution in [-0.4, -0.2) is 24.8 Å². The second-order valence-corrected chi connectivity index (χ2v) is 12.1. The lowest BCUT2D eigenvalue weighted by molar-refractivity contribution is 0.443. The lowest BCUT2D eigenvalue weighted by atomic mass is 9.91. The van der Waals surface area contributed by atoms with Gasteiger partial charge in [-0.2, -0.15) is 0 Å². The van der Waals surface area contributed by atoms with E-state index in [4.69, 9.17) is 5.41 Å². The van der Waals surface area contributed by atoms with Gasteiger partial charge in [-0.3, -0.25) is 5.41 Å². The molecule has 0 aliphatic carbocycles. The zero-order chi connectivity index (χ0) is 21.2. The zero-order valence-corrected chi connectivity index (χ0v) is 18.9. The van der Waals surface area contributed by atoms with Crippen molar-refractivity contribution in [3.05, 3.63) is 47.0 Å². The van der Waals surface area contributed by atoms with Crippen LogP contribution in [0.25, 0.3) is 20.2 Å². The molecule has 1 aliphatic rings. The highest BCUT2D eigenvalue weighted by atomic mass is 32.2. The minimum absolute atomic E-state index is 0.0395. The third kappa shape index (κ3) is 2.95. The van der Waals surface area contributed by atoms with Crippen LogP contribution in [0.5, 0.6) is 0 Å². The topological polar surface area (TPSA) is 70.0 Å². The quantitative estimate of drug-likeness (QED) is 0.555. The molecule has 1 saturated heterocycles. The van der Waals surface area contributed by atoms with Crippen molar-refractivity contribution in [3.63, 3.8) is 0 Å². The van der Waals surface area contributed by atoms with E-state index >= 15 is 0 Å². The van der Waals surface area contributed by atoms with E-state index in [-0.39, 0.29) is 11.6 Å². The molecule has 1 aliphatic heterocycles. The Hall–Kier alpha value is -2.36. The average Bonchev–Trinajstić information content (AvgIpc) is 2.97. The summed E-state index contributed by atoms with van der Waals surface area (Å²) in [4.78, 5) is 0. The van der Waals surface area contributed by atoms with E-state index in [1.165, 1.54) is 4.70 Å². The normalized spacial score (nSPS) is 22.9. The first-order valence-corrected chi connectivity index (χ1v) is 11.9. The summed E-state index contributed by atoms with van der Waals surface area (Å²) < 4.78 is 26.9. The molecular weight excluding hydrogens is 400 g/mol. The maximum Gasteiger partial charge on any atom is 0.165 e. The second-order valence-electron chi connectivity index (χ2n) is 8.45. The number of hydrogen-bond acceptors (Lipinski definition) is 4. The number of amidine groups is 1. The molecular formula is C23H24N2O2S2. The fourth-order valence-electron chi connectivity index (χ4n) is 3.87. The highest BCUT2D eigenvalue weighted by Gasteiger charge is 2.50. The Morgan fingerprint density at radius 2 is 1.79 bits per heavy atom. The molecule has 150 valence electrons. The Bertz CT molecular complexity index is 1350. The number of hydrogen-bond donors (Lipinski definition) is 2. The summed E-state index contributed by atoms with van der Waals surface area (Å²) in [7, 11) is -3.47. The largest absolute Gasteiger partial charge is 0.362 e. The molecule has 4 nitrogen and oxygen atoms in total. The van der Waals surface area contributed by atoms with Gasteiger partial charge in [-0.05, 0) is 70.0 Å². The van der Waals surface area contributed by atoms with Crippen molar-refractivity contribution < 1.29 is 8.42 Å². The van der Waals surface area contributed by atoms with Crippen LogP contribution in [0.4, 0.5) is 0 Å². The molecule has 0 radical (unpaired) electrons. The van der Waals surface area contributed by atoms with Crippen LogP contribution < -0.4 is 5.32 Å². The Morgan fingerprint density at radius 1 is 1.10 bits per heavy atom. The van der Waals surface area contributed by atoms with Crippen LogP contribution in [0.1, 0.15) is 44.4 Å². The SMILES string of the molecule is CC#Cc1cc2c(cc1C)sc1ccc([C@]3(C)CS(=O)(=O)C(C)(C)C(=N)N3)cc12. The molecule has 29 heavy (non-hydrogen) atoms. The van der Waals surface area contributed by atoms with Gasteiger partial charge in [0.15, 0.2) is 9.84 Å². The highest BCUT2D eigenvalue weighted by Crippen LogP contribution is 2.39. The maximum atomic E-state index is 12.9. The van der Waals surface area contributed by atoms with E-state index in [1.54, 1.807) is 25.2 Å². The van der Waals surface area contributed by atoms with Gasteiger partial charge in [-0.1, -0.05) is 12.0 Å². The molecule has 4 rings (SSSR count). The van der Waals surface area contributed by atoms with Crippen LogP contribution in [0.15, 0.2) is 30.3 Å². The third-order valence-corrected chi connectivity index (χ3v) is 9.82. The van der Waals surface area contributed by atoms with Gasteiger partial charge in [0.05, 0.1) is 11.3 Å². The molecule has 2 aromatic carbocycles. The van der Waals surface area contributed by atoms with Crippen LogP contribution >= 0.6 is 11.3 Å². The molecule has 0 amide bonds. The molecule has 2 N–H and O–H groups in total. The monoisotopic (exact) mass is 424 g/mol. The van der Waals surface area contributed by atoms with Gasteiger partial charge >= 0.3 is 0 Å². The van der Waals surface area contributed by atoms with Crippen LogP contribution in [0, 0.1) is 24.2 Å². The van der Waals surface area contributed by atoms with E-state index in [2.05, 4.69) is 48.3 Å². The predicted molar refractivity (Wildman–Crippen MR) is 123 cm³/mol. The summed E-state index contributed by atoms with van der Waals surface area (Å²) in [6.45, 7) is 8.94. The number of rotatable bonds is 1. The number of benzene rings is 2. The van der Waals surface area contributed by atoms with Crippen molar-refractivity contribution in [2.24, 2.45) is 0 Å². The summed E-state index contributed by atoms with van der Waals surface area (Å²) in [5, 5.41) is 13.7. The first-order valence-electron chi connectivity index (χ1n) is 9.48. The van der Waals surface area contributed by atoms with Gasteiger partial charge in [0.2, 0.25) is 0 Å². The Balaban J connectivity index is 1.91. The zero-order valence-electron chi connectivity index (χ0n) is 17.2. The van der Waals surface area contributed by atoms with E-state index in [1.807, 2.05) is 19.9 Å². The van der Waals surface area contributed by atoms with Crippen molar-refractivity contribution in [1.29, 1.82) is 5.41 Å². The van der Waals surface area contributed by atoms with Gasteiger partial charge in [0, 0.05) is 25.7 Å². The van der Waals surface area contributed by atoms with Crippen molar-refractivity contribution in [2.75, 3.05) is 5.75 Å². The summed E-state index contributed by atoms with van der Waals surface area (Å²) in [6.07, 6.45) is 0. The summed E-state index contributed by atoms with van der Waals surface area (Å²) in [5.41, 5.74) is 2.20. The first kappa shape index (κ1) is 19.9. The first-order chi connectivity index (χ1) is 13.5. The summed E-state index contributed by atoms with van der Waals surface area (Å²) in [5.74, 6) is 6.13. The van der Waals surface area contributed by atoms with Gasteiger partial charge in [-0.15, -0.1) is 17.3 Å².